The van der Waals surface area contributed by atoms with Gasteiger partial charge in [-0.1, -0.05) is 6.07 Å². The maximum atomic E-state index is 8.33. The first-order valence-electron chi connectivity index (χ1n) is 2.46. The van der Waals surface area contributed by atoms with Crippen molar-refractivity contribution >= 4 is 6.16 Å². The molecule has 0 saturated heterocycles. The number of aromatic nitrogens is 1. The lowest BCUT2D eigenvalue weighted by Crippen LogP contribution is -2.37. The average Bonchev–Trinajstić information content (AvgIpc) is 1.90. The summed E-state index contributed by atoms with van der Waals surface area (Å²) < 4.78 is 0. The van der Waals surface area contributed by atoms with Crippen molar-refractivity contribution in [2.24, 2.45) is 0 Å². The smallest absolute Gasteiger partial charge is 0.0267 e. The highest BCUT2D eigenvalue weighted by atomic mass is 16.6. The lowest BCUT2D eigenvalue weighted by Gasteiger charge is -1.96. The van der Waals surface area contributed by atoms with Crippen LogP contribution >= 0.6 is 0 Å². The van der Waals surface area contributed by atoms with Crippen molar-refractivity contribution in [3.05, 3.63) is 30.6 Å². The van der Waals surface area contributed by atoms with Crippen molar-refractivity contribution < 1.29 is 15.0 Å². The van der Waals surface area contributed by atoms with E-state index >= 15 is 0 Å². The molecule has 8 N–H and O–H groups in total. The molecule has 0 bridgehead atoms. The van der Waals surface area contributed by atoms with Gasteiger partial charge in [-0.25, -0.2) is 0 Å². The molecule has 70 valence electrons. The minimum Gasteiger partial charge on any atom is -0.652 e. The molecule has 0 aliphatic rings. The Kier molecular flexibility index (Phi) is 16.8. The molecule has 6 nitrogen and oxygen atoms in total. The fraction of sp³-hybridized carbons (Fsp3) is 0. The van der Waals surface area contributed by atoms with Crippen LogP contribution in [0.15, 0.2) is 30.6 Å². The summed E-state index contributed by atoms with van der Waals surface area (Å²) in [5.41, 5.74) is 0. The summed E-state index contributed by atoms with van der Waals surface area (Å²) in [6, 6.07) is 5.72. The Morgan fingerprint density at radius 1 is 1.00 bits per heavy atom. The minimum absolute atomic E-state index is 0. The third kappa shape index (κ3) is 23.9. The molecule has 0 spiro atoms. The summed E-state index contributed by atoms with van der Waals surface area (Å²) >= 11 is 0. The molecule has 0 unspecified atom stereocenters. The van der Waals surface area contributed by atoms with Gasteiger partial charge in [0.25, 0.3) is 0 Å². The molecule has 12 heavy (non-hydrogen) atoms. The number of hydrogen-bond acceptors (Lipinski definition) is 4. The zero-order chi connectivity index (χ0) is 7.82. The molecule has 1 aromatic rings. The number of pyridine rings is 1. The highest BCUT2D eigenvalue weighted by Crippen LogP contribution is 1.73. The summed E-state index contributed by atoms with van der Waals surface area (Å²) in [6.07, 6.45) is 1.17. The van der Waals surface area contributed by atoms with E-state index in [1.165, 1.54) is 0 Å². The number of hydrogen-bond donors (Lipinski definition) is 2. The van der Waals surface area contributed by atoms with Gasteiger partial charge in [-0.15, -0.1) is 0 Å². The standard InChI is InChI=1S/C5H5N.CH2O3.2H3N/c1-2-4-6-5-3-1;2-1(3)4;;/h1-5H;(H2,2,3,4);2*1H3. The van der Waals surface area contributed by atoms with Crippen LogP contribution < -0.4 is 22.5 Å². The van der Waals surface area contributed by atoms with Crippen LogP contribution in [0.4, 0.5) is 4.79 Å². The van der Waals surface area contributed by atoms with Crippen LogP contribution in [0.25, 0.3) is 0 Å². The third-order valence-electron chi connectivity index (χ3n) is 0.566. The lowest BCUT2D eigenvalue weighted by molar-refractivity contribution is -0.415. The first kappa shape index (κ1) is 16.7. The quantitative estimate of drug-likeness (QED) is 0.540. The van der Waals surface area contributed by atoms with Crippen LogP contribution in [-0.4, -0.2) is 11.1 Å². The first-order valence-corrected chi connectivity index (χ1v) is 2.46. The van der Waals surface area contributed by atoms with Gasteiger partial charge in [-0.3, -0.25) is 4.98 Å². The SMILES string of the molecule is O=C([O-])[O-].[NH4+].[NH4+].c1ccncc1. The predicted octanol–water partition coefficient (Wildman–Crippen LogP) is -0.613. The normalized spacial score (nSPS) is 6.00. The second-order valence-electron chi connectivity index (χ2n) is 1.27. The molecule has 6 heteroatoms. The van der Waals surface area contributed by atoms with Gasteiger partial charge in [0.15, 0.2) is 0 Å². The second-order valence-corrected chi connectivity index (χ2v) is 1.27. The third-order valence-corrected chi connectivity index (χ3v) is 0.566. The number of carbonyl (C=O) groups excluding carboxylic acids is 1. The van der Waals surface area contributed by atoms with Crippen molar-refractivity contribution in [3.63, 3.8) is 0 Å². The fourth-order valence-electron chi connectivity index (χ4n) is 0.313. The van der Waals surface area contributed by atoms with Crippen molar-refractivity contribution in [1.29, 1.82) is 0 Å². The molecular formula is C6H13N3O3. The fourth-order valence-corrected chi connectivity index (χ4v) is 0.313. The molecule has 0 aromatic carbocycles. The number of rotatable bonds is 0. The van der Waals surface area contributed by atoms with E-state index in [2.05, 4.69) is 4.98 Å². The molecule has 0 atom stereocenters. The highest BCUT2D eigenvalue weighted by molar-refractivity contribution is 5.47. The Morgan fingerprint density at radius 3 is 1.42 bits per heavy atom. The van der Waals surface area contributed by atoms with Crippen LogP contribution in [-0.2, 0) is 0 Å². The van der Waals surface area contributed by atoms with Gasteiger partial charge >= 0.3 is 0 Å². The molecule has 1 aromatic heterocycles. The largest absolute Gasteiger partial charge is 0.652 e. The molecule has 0 aliphatic carbocycles. The minimum atomic E-state index is -2.33. The number of carboxylic acid groups (broad SMARTS) is 2. The van der Waals surface area contributed by atoms with Crippen molar-refractivity contribution in [2.45, 2.75) is 0 Å². The van der Waals surface area contributed by atoms with Gasteiger partial charge in [0, 0.05) is 12.4 Å². The van der Waals surface area contributed by atoms with Gasteiger partial charge in [-0.2, -0.15) is 0 Å². The van der Waals surface area contributed by atoms with E-state index in [-0.39, 0.29) is 12.3 Å². The van der Waals surface area contributed by atoms with Crippen molar-refractivity contribution in [2.75, 3.05) is 0 Å². The lowest BCUT2D eigenvalue weighted by atomic mass is 10.5. The number of quaternary nitrogens is 2. The Hall–Kier alpha value is -1.66. The summed E-state index contributed by atoms with van der Waals surface area (Å²) in [7, 11) is 0. The van der Waals surface area contributed by atoms with E-state index in [0.717, 1.165) is 0 Å². The maximum Gasteiger partial charge on any atom is 0.0267 e. The van der Waals surface area contributed by atoms with Gasteiger partial charge in [0.05, 0.1) is 0 Å². The Labute approximate surface area is 70.0 Å². The molecule has 1 rings (SSSR count). The van der Waals surface area contributed by atoms with E-state index in [9.17, 15) is 0 Å². The van der Waals surface area contributed by atoms with Crippen molar-refractivity contribution in [1.82, 2.24) is 17.3 Å². The zero-order valence-corrected chi connectivity index (χ0v) is 7.06. The average molecular weight is 175 g/mol. The number of carbonyl (C=O) groups is 1. The molecule has 0 amide bonds. The van der Waals surface area contributed by atoms with E-state index in [0.29, 0.717) is 0 Å². The predicted molar refractivity (Wildman–Crippen MR) is 41.6 cm³/mol. The molecule has 1 heterocycles. The van der Waals surface area contributed by atoms with Gasteiger partial charge in [0.2, 0.25) is 0 Å². The molecule has 0 radical (unpaired) electrons. The summed E-state index contributed by atoms with van der Waals surface area (Å²) in [6.45, 7) is 0. The Bertz CT molecular complexity index is 150. The monoisotopic (exact) mass is 175 g/mol. The van der Waals surface area contributed by atoms with E-state index in [1.54, 1.807) is 12.4 Å². The maximum absolute atomic E-state index is 8.33. The van der Waals surface area contributed by atoms with Crippen LogP contribution in [0.1, 0.15) is 0 Å². The van der Waals surface area contributed by atoms with Crippen LogP contribution in [0.3, 0.4) is 0 Å². The van der Waals surface area contributed by atoms with Crippen molar-refractivity contribution in [3.8, 4) is 0 Å². The van der Waals surface area contributed by atoms with E-state index in [4.69, 9.17) is 15.0 Å². The van der Waals surface area contributed by atoms with E-state index in [1.807, 2.05) is 18.2 Å². The van der Waals surface area contributed by atoms with Crippen LogP contribution in [0.2, 0.25) is 0 Å². The molecular weight excluding hydrogens is 162 g/mol. The zero-order valence-electron chi connectivity index (χ0n) is 7.06. The van der Waals surface area contributed by atoms with Gasteiger partial charge in [0.1, 0.15) is 0 Å². The first-order chi connectivity index (χ1) is 4.73. The Balaban J connectivity index is -0.000000124. The molecule has 0 fully saturated rings. The van der Waals surface area contributed by atoms with Gasteiger partial charge in [-0.05, 0) is 18.3 Å². The molecule has 0 saturated carbocycles. The van der Waals surface area contributed by atoms with Gasteiger partial charge < -0.3 is 27.3 Å². The van der Waals surface area contributed by atoms with Crippen LogP contribution in [0, 0.1) is 0 Å². The molecule has 0 aliphatic heterocycles. The van der Waals surface area contributed by atoms with E-state index < -0.39 is 6.16 Å². The second kappa shape index (κ2) is 12.1. The topological polar surface area (TPSA) is 149 Å². The summed E-state index contributed by atoms with van der Waals surface area (Å²) in [4.78, 5) is 12.1. The number of nitrogens with zero attached hydrogens (tertiary/aromatic N) is 1. The van der Waals surface area contributed by atoms with Crippen LogP contribution in [0.5, 0.6) is 0 Å². The summed E-state index contributed by atoms with van der Waals surface area (Å²) in [5, 5.41) is 16.7. The highest BCUT2D eigenvalue weighted by Gasteiger charge is 1.58. The Morgan fingerprint density at radius 2 is 1.33 bits per heavy atom. The summed E-state index contributed by atoms with van der Waals surface area (Å²) in [5.74, 6) is 0.